The van der Waals surface area contributed by atoms with Gasteiger partial charge < -0.3 is 21.3 Å². The molecular weight excluding hydrogens is 374 g/mol. The maximum Gasteiger partial charge on any atom is 0.221 e. The van der Waals surface area contributed by atoms with E-state index in [2.05, 4.69) is 21.3 Å². The first-order valence-electron chi connectivity index (χ1n) is 9.51. The fourth-order valence-electron chi connectivity index (χ4n) is 3.81. The van der Waals surface area contributed by atoms with E-state index in [1.165, 1.54) is 6.92 Å². The van der Waals surface area contributed by atoms with Crippen molar-refractivity contribution < 1.29 is 4.79 Å². The number of aliphatic imine (C=N–C) groups is 1. The molecule has 0 radical (unpaired) electrons. The van der Waals surface area contributed by atoms with Crippen LogP contribution in [0.4, 0.5) is 17.1 Å². The highest BCUT2D eigenvalue weighted by atomic mass is 35.5. The van der Waals surface area contributed by atoms with E-state index in [1.54, 1.807) is 0 Å². The van der Waals surface area contributed by atoms with Crippen molar-refractivity contribution in [2.24, 2.45) is 4.99 Å². The Kier molecular flexibility index (Phi) is 5.24. The van der Waals surface area contributed by atoms with Gasteiger partial charge in [0.25, 0.3) is 0 Å². The minimum atomic E-state index is -0.244. The number of hydrogen-bond donors (Lipinski definition) is 4. The first-order chi connectivity index (χ1) is 13.5. The molecule has 2 aliphatic heterocycles. The van der Waals surface area contributed by atoms with Crippen LogP contribution in [-0.4, -0.2) is 30.4 Å². The Morgan fingerprint density at radius 2 is 2.00 bits per heavy atom. The zero-order valence-corrected chi connectivity index (χ0v) is 16.6. The van der Waals surface area contributed by atoms with Crippen molar-refractivity contribution >= 4 is 40.4 Å². The van der Waals surface area contributed by atoms with Crippen LogP contribution >= 0.6 is 11.6 Å². The summed E-state index contributed by atoms with van der Waals surface area (Å²) in [5.41, 5.74) is 3.56. The molecule has 2 aromatic carbocycles. The number of halogens is 1. The molecule has 0 unspecified atom stereocenters. The van der Waals surface area contributed by atoms with Crippen molar-refractivity contribution in [3.63, 3.8) is 0 Å². The van der Waals surface area contributed by atoms with E-state index in [0.717, 1.165) is 59.4 Å². The number of hydrogen-bond acceptors (Lipinski definition) is 4. The molecule has 2 aromatic rings. The van der Waals surface area contributed by atoms with Gasteiger partial charge in [0.05, 0.1) is 23.5 Å². The van der Waals surface area contributed by atoms with Crippen molar-refractivity contribution in [3.05, 3.63) is 53.1 Å². The number of nitrogens with zero attached hydrogens (tertiary/aromatic N) is 1. The lowest BCUT2D eigenvalue weighted by atomic mass is 9.84. The lowest BCUT2D eigenvalue weighted by Crippen LogP contribution is -2.57. The van der Waals surface area contributed by atoms with Crippen LogP contribution in [0.2, 0.25) is 5.02 Å². The first-order valence-corrected chi connectivity index (χ1v) is 9.89. The minimum Gasteiger partial charge on any atom is -0.371 e. The molecule has 2 heterocycles. The van der Waals surface area contributed by atoms with Crippen molar-refractivity contribution in [2.75, 3.05) is 29.0 Å². The number of piperidine rings is 1. The average molecular weight is 398 g/mol. The SMILES string of the molecule is CC(=O)Nc1ccc2c(c1)NC1(CCNCC1)C(=NCc1cccc(Cl)c1)N2. The summed E-state index contributed by atoms with van der Waals surface area (Å²) in [6, 6.07) is 13.6. The summed E-state index contributed by atoms with van der Waals surface area (Å²) in [5, 5.41) is 14.2. The largest absolute Gasteiger partial charge is 0.371 e. The highest BCUT2D eigenvalue weighted by Gasteiger charge is 2.40. The van der Waals surface area contributed by atoms with Gasteiger partial charge in [-0.05, 0) is 61.8 Å². The standard InChI is InChI=1S/C21H24ClN5O/c1-14(28)25-17-5-6-18-19(12-17)27-21(7-9-23-10-8-21)20(26-18)24-13-15-3-2-4-16(22)11-15/h2-6,11-12,23,27H,7-10,13H2,1H3,(H,24,26)(H,25,28). The van der Waals surface area contributed by atoms with Gasteiger partial charge in [-0.25, -0.2) is 0 Å². The van der Waals surface area contributed by atoms with Gasteiger partial charge in [-0.2, -0.15) is 0 Å². The van der Waals surface area contributed by atoms with Gasteiger partial charge in [0.1, 0.15) is 5.84 Å². The molecule has 28 heavy (non-hydrogen) atoms. The molecule has 2 aliphatic rings. The molecular formula is C21H24ClN5O. The lowest BCUT2D eigenvalue weighted by Gasteiger charge is -2.44. The summed E-state index contributed by atoms with van der Waals surface area (Å²) in [6.07, 6.45) is 1.86. The third kappa shape index (κ3) is 3.98. The average Bonchev–Trinajstić information content (AvgIpc) is 2.67. The number of carbonyl (C=O) groups excluding carboxylic acids is 1. The van der Waals surface area contributed by atoms with Crippen LogP contribution in [0.3, 0.4) is 0 Å². The molecule has 0 bridgehead atoms. The predicted molar refractivity (Wildman–Crippen MR) is 115 cm³/mol. The summed E-state index contributed by atoms with van der Waals surface area (Å²) >= 11 is 6.11. The molecule has 1 saturated heterocycles. The second-order valence-corrected chi connectivity index (χ2v) is 7.75. The van der Waals surface area contributed by atoms with Crippen LogP contribution in [0.5, 0.6) is 0 Å². The van der Waals surface area contributed by atoms with Crippen LogP contribution < -0.4 is 21.3 Å². The van der Waals surface area contributed by atoms with E-state index in [9.17, 15) is 4.79 Å². The maximum atomic E-state index is 11.4. The van der Waals surface area contributed by atoms with Gasteiger partial charge in [-0.1, -0.05) is 23.7 Å². The third-order valence-electron chi connectivity index (χ3n) is 5.19. The number of rotatable bonds is 3. The quantitative estimate of drug-likeness (QED) is 0.634. The molecule has 1 fully saturated rings. The van der Waals surface area contributed by atoms with Crippen LogP contribution in [0.25, 0.3) is 0 Å². The number of amidine groups is 1. The first kappa shape index (κ1) is 18.8. The molecule has 7 heteroatoms. The summed E-state index contributed by atoms with van der Waals surface area (Å²) < 4.78 is 0. The molecule has 4 rings (SSSR count). The summed E-state index contributed by atoms with van der Waals surface area (Å²) in [4.78, 5) is 16.3. The van der Waals surface area contributed by atoms with Crippen LogP contribution in [-0.2, 0) is 11.3 Å². The van der Waals surface area contributed by atoms with Crippen LogP contribution in [0.15, 0.2) is 47.5 Å². The number of fused-ring (bicyclic) bond motifs is 1. The molecule has 0 atom stereocenters. The fraction of sp³-hybridized carbons (Fsp3) is 0.333. The number of carbonyl (C=O) groups is 1. The Labute approximate surface area is 169 Å². The van der Waals surface area contributed by atoms with Crippen molar-refractivity contribution in [1.82, 2.24) is 5.32 Å². The summed E-state index contributed by atoms with van der Waals surface area (Å²) in [6.45, 7) is 3.93. The fourth-order valence-corrected chi connectivity index (χ4v) is 4.03. The number of benzene rings is 2. The van der Waals surface area contributed by atoms with Gasteiger partial charge in [0.15, 0.2) is 0 Å². The van der Waals surface area contributed by atoms with Gasteiger partial charge in [0, 0.05) is 17.6 Å². The normalized spacial score (nSPS) is 18.9. The van der Waals surface area contributed by atoms with Crippen LogP contribution in [0, 0.1) is 0 Å². The topological polar surface area (TPSA) is 77.6 Å². The van der Waals surface area contributed by atoms with Gasteiger partial charge in [-0.15, -0.1) is 0 Å². The Morgan fingerprint density at radius 3 is 2.75 bits per heavy atom. The molecule has 1 spiro atoms. The molecule has 0 saturated carbocycles. The molecule has 0 aliphatic carbocycles. The lowest BCUT2D eigenvalue weighted by molar-refractivity contribution is -0.114. The van der Waals surface area contributed by atoms with E-state index in [4.69, 9.17) is 16.6 Å². The van der Waals surface area contributed by atoms with Gasteiger partial charge in [-0.3, -0.25) is 9.79 Å². The maximum absolute atomic E-state index is 11.4. The van der Waals surface area contributed by atoms with Crippen molar-refractivity contribution in [2.45, 2.75) is 31.8 Å². The second-order valence-electron chi connectivity index (χ2n) is 7.32. The molecule has 146 valence electrons. The van der Waals surface area contributed by atoms with E-state index < -0.39 is 0 Å². The highest BCUT2D eigenvalue weighted by Crippen LogP contribution is 2.37. The molecule has 4 N–H and O–H groups in total. The van der Waals surface area contributed by atoms with Crippen molar-refractivity contribution in [3.8, 4) is 0 Å². The zero-order valence-electron chi connectivity index (χ0n) is 15.8. The van der Waals surface area contributed by atoms with Gasteiger partial charge in [0.2, 0.25) is 5.91 Å². The smallest absolute Gasteiger partial charge is 0.221 e. The molecule has 1 amide bonds. The zero-order chi connectivity index (χ0) is 19.6. The second kappa shape index (κ2) is 7.81. The van der Waals surface area contributed by atoms with Crippen LogP contribution in [0.1, 0.15) is 25.3 Å². The number of anilines is 3. The Balaban J connectivity index is 1.65. The summed E-state index contributed by atoms with van der Waals surface area (Å²) in [5.74, 6) is 0.873. The Hall–Kier alpha value is -2.57. The summed E-state index contributed by atoms with van der Waals surface area (Å²) in [7, 11) is 0. The van der Waals surface area contributed by atoms with Gasteiger partial charge >= 0.3 is 0 Å². The third-order valence-corrected chi connectivity index (χ3v) is 5.42. The molecule has 0 aromatic heterocycles. The number of nitrogens with one attached hydrogen (secondary N) is 4. The Morgan fingerprint density at radius 1 is 1.18 bits per heavy atom. The van der Waals surface area contributed by atoms with E-state index in [-0.39, 0.29) is 11.4 Å². The number of amides is 1. The van der Waals surface area contributed by atoms with E-state index in [1.807, 2.05) is 42.5 Å². The van der Waals surface area contributed by atoms with E-state index in [0.29, 0.717) is 6.54 Å². The van der Waals surface area contributed by atoms with Crippen molar-refractivity contribution in [1.29, 1.82) is 0 Å². The highest BCUT2D eigenvalue weighted by molar-refractivity contribution is 6.30. The predicted octanol–water partition coefficient (Wildman–Crippen LogP) is 3.86. The molecule has 6 nitrogen and oxygen atoms in total. The Bertz CT molecular complexity index is 921. The van der Waals surface area contributed by atoms with E-state index >= 15 is 0 Å². The minimum absolute atomic E-state index is 0.0796. The monoisotopic (exact) mass is 397 g/mol.